The third kappa shape index (κ3) is 3.05. The van der Waals surface area contributed by atoms with Crippen LogP contribution < -0.4 is 10.1 Å². The van der Waals surface area contributed by atoms with Crippen LogP contribution in [0.25, 0.3) is 0 Å². The summed E-state index contributed by atoms with van der Waals surface area (Å²) in [5, 5.41) is 11.7. The molecule has 2 aromatic carbocycles. The Morgan fingerprint density at radius 2 is 2.05 bits per heavy atom. The quantitative estimate of drug-likeness (QED) is 0.910. The lowest BCUT2D eigenvalue weighted by molar-refractivity contribution is 0.102. The lowest BCUT2D eigenvalue weighted by atomic mass is 10.1. The molecule has 0 aliphatic carbocycles. The number of carbonyl (C=O) groups excluding carboxylic acids is 1. The SMILES string of the molecule is COc1cccc(C(=O)Nc2c(F)cc(F)cc2Cl)c1O. The van der Waals surface area contributed by atoms with Gasteiger partial charge in [0.2, 0.25) is 0 Å². The number of rotatable bonds is 3. The van der Waals surface area contributed by atoms with Gasteiger partial charge in [-0.05, 0) is 18.2 Å². The number of benzene rings is 2. The second-order valence-electron chi connectivity index (χ2n) is 4.05. The molecular formula is C14H10ClF2NO3. The average molecular weight is 314 g/mol. The first kappa shape index (κ1) is 15.1. The van der Waals surface area contributed by atoms with Crippen molar-refractivity contribution in [2.45, 2.75) is 0 Å². The highest BCUT2D eigenvalue weighted by Crippen LogP contribution is 2.31. The first-order valence-corrected chi connectivity index (χ1v) is 6.13. The van der Waals surface area contributed by atoms with Crippen molar-refractivity contribution >= 4 is 23.2 Å². The zero-order chi connectivity index (χ0) is 15.6. The molecule has 2 aromatic rings. The fraction of sp³-hybridized carbons (Fsp3) is 0.0714. The number of hydrogen-bond donors (Lipinski definition) is 2. The van der Waals surface area contributed by atoms with Gasteiger partial charge in [-0.25, -0.2) is 8.78 Å². The topological polar surface area (TPSA) is 58.6 Å². The molecule has 0 saturated heterocycles. The maximum Gasteiger partial charge on any atom is 0.259 e. The summed E-state index contributed by atoms with van der Waals surface area (Å²) >= 11 is 5.68. The van der Waals surface area contributed by atoms with E-state index in [1.165, 1.54) is 25.3 Å². The molecule has 21 heavy (non-hydrogen) atoms. The van der Waals surface area contributed by atoms with Gasteiger partial charge in [0.05, 0.1) is 23.4 Å². The van der Waals surface area contributed by atoms with E-state index >= 15 is 0 Å². The molecule has 2 rings (SSSR count). The van der Waals surface area contributed by atoms with E-state index in [2.05, 4.69) is 5.32 Å². The number of para-hydroxylation sites is 1. The molecule has 4 nitrogen and oxygen atoms in total. The van der Waals surface area contributed by atoms with Gasteiger partial charge in [0.1, 0.15) is 5.82 Å². The van der Waals surface area contributed by atoms with Crippen LogP contribution in [0, 0.1) is 11.6 Å². The van der Waals surface area contributed by atoms with Gasteiger partial charge in [0.15, 0.2) is 17.3 Å². The highest BCUT2D eigenvalue weighted by Gasteiger charge is 2.18. The number of phenolic OH excluding ortho intramolecular Hbond substituents is 1. The lowest BCUT2D eigenvalue weighted by Gasteiger charge is -2.11. The Labute approximate surface area is 123 Å². The minimum Gasteiger partial charge on any atom is -0.504 e. The lowest BCUT2D eigenvalue weighted by Crippen LogP contribution is -2.14. The van der Waals surface area contributed by atoms with Crippen molar-refractivity contribution in [2.75, 3.05) is 12.4 Å². The predicted molar refractivity (Wildman–Crippen MR) is 74.0 cm³/mol. The van der Waals surface area contributed by atoms with Crippen molar-refractivity contribution in [1.82, 2.24) is 0 Å². The standard InChI is InChI=1S/C14H10ClF2NO3/c1-21-11-4-2-3-8(13(11)19)14(20)18-12-9(15)5-7(16)6-10(12)17/h2-6,19H,1H3,(H,18,20). The zero-order valence-electron chi connectivity index (χ0n) is 10.8. The Hall–Kier alpha value is -2.34. The van der Waals surface area contributed by atoms with Crippen molar-refractivity contribution in [3.63, 3.8) is 0 Å². The van der Waals surface area contributed by atoms with Crippen LogP contribution in [-0.2, 0) is 0 Å². The highest BCUT2D eigenvalue weighted by atomic mass is 35.5. The summed E-state index contributed by atoms with van der Waals surface area (Å²) in [6.07, 6.45) is 0. The minimum atomic E-state index is -1.02. The number of phenols is 1. The molecule has 0 radical (unpaired) electrons. The zero-order valence-corrected chi connectivity index (χ0v) is 11.5. The maximum absolute atomic E-state index is 13.6. The van der Waals surface area contributed by atoms with E-state index < -0.39 is 23.3 Å². The molecule has 0 aliphatic rings. The van der Waals surface area contributed by atoms with E-state index in [4.69, 9.17) is 16.3 Å². The monoisotopic (exact) mass is 313 g/mol. The Morgan fingerprint density at radius 3 is 2.67 bits per heavy atom. The summed E-state index contributed by atoms with van der Waals surface area (Å²) in [4.78, 5) is 12.0. The number of aromatic hydroxyl groups is 1. The average Bonchev–Trinajstić information content (AvgIpc) is 2.42. The Kier molecular flexibility index (Phi) is 4.28. The van der Waals surface area contributed by atoms with Crippen molar-refractivity contribution in [2.24, 2.45) is 0 Å². The van der Waals surface area contributed by atoms with E-state index in [9.17, 15) is 18.7 Å². The first-order chi connectivity index (χ1) is 9.93. The van der Waals surface area contributed by atoms with Crippen molar-refractivity contribution in [1.29, 1.82) is 0 Å². The Morgan fingerprint density at radius 1 is 1.33 bits per heavy atom. The molecule has 0 saturated carbocycles. The molecule has 0 atom stereocenters. The summed E-state index contributed by atoms with van der Waals surface area (Å²) in [6, 6.07) is 5.72. The fourth-order valence-corrected chi connectivity index (χ4v) is 1.95. The molecule has 1 amide bonds. The highest BCUT2D eigenvalue weighted by molar-refractivity contribution is 6.34. The van der Waals surface area contributed by atoms with Crippen LogP contribution in [0.1, 0.15) is 10.4 Å². The molecular weight excluding hydrogens is 304 g/mol. The molecule has 2 N–H and O–H groups in total. The number of methoxy groups -OCH3 is 1. The van der Waals surface area contributed by atoms with Gasteiger partial charge in [-0.3, -0.25) is 4.79 Å². The molecule has 0 unspecified atom stereocenters. The molecule has 0 bridgehead atoms. The van der Waals surface area contributed by atoms with Crippen molar-refractivity contribution in [3.05, 3.63) is 52.6 Å². The third-order valence-corrected chi connectivity index (χ3v) is 3.01. The molecule has 0 aromatic heterocycles. The number of hydrogen-bond acceptors (Lipinski definition) is 3. The molecule has 0 heterocycles. The largest absolute Gasteiger partial charge is 0.504 e. The Bertz CT molecular complexity index is 684. The second-order valence-corrected chi connectivity index (χ2v) is 4.46. The van der Waals surface area contributed by atoms with Crippen LogP contribution in [0.5, 0.6) is 11.5 Å². The third-order valence-electron chi connectivity index (χ3n) is 2.71. The van der Waals surface area contributed by atoms with E-state index in [0.29, 0.717) is 6.07 Å². The number of ether oxygens (including phenoxy) is 1. The van der Waals surface area contributed by atoms with Crippen molar-refractivity contribution < 1.29 is 23.4 Å². The fourth-order valence-electron chi connectivity index (χ4n) is 1.71. The molecule has 7 heteroatoms. The minimum absolute atomic E-state index is 0.0910. The first-order valence-electron chi connectivity index (χ1n) is 5.76. The summed E-state index contributed by atoms with van der Waals surface area (Å²) in [5.41, 5.74) is -0.501. The van der Waals surface area contributed by atoms with Gasteiger partial charge in [-0.2, -0.15) is 0 Å². The van der Waals surface area contributed by atoms with Crippen molar-refractivity contribution in [3.8, 4) is 11.5 Å². The number of anilines is 1. The molecule has 0 spiro atoms. The van der Waals surface area contributed by atoms with Crippen LogP contribution in [0.3, 0.4) is 0 Å². The van der Waals surface area contributed by atoms with Crippen LogP contribution in [0.2, 0.25) is 5.02 Å². The number of halogens is 3. The number of carbonyl (C=O) groups is 1. The second kappa shape index (κ2) is 5.97. The van der Waals surface area contributed by atoms with Gasteiger partial charge in [-0.1, -0.05) is 17.7 Å². The van der Waals surface area contributed by atoms with E-state index in [0.717, 1.165) is 6.07 Å². The summed E-state index contributed by atoms with van der Waals surface area (Å²) in [7, 11) is 1.33. The summed E-state index contributed by atoms with van der Waals surface area (Å²) in [6.45, 7) is 0. The van der Waals surface area contributed by atoms with Crippen LogP contribution in [0.4, 0.5) is 14.5 Å². The summed E-state index contributed by atoms with van der Waals surface area (Å²) in [5.74, 6) is -2.99. The van der Waals surface area contributed by atoms with Crippen LogP contribution in [0.15, 0.2) is 30.3 Å². The van der Waals surface area contributed by atoms with Gasteiger partial charge in [0.25, 0.3) is 5.91 Å². The van der Waals surface area contributed by atoms with Gasteiger partial charge < -0.3 is 15.2 Å². The van der Waals surface area contributed by atoms with Gasteiger partial charge in [0, 0.05) is 6.07 Å². The van der Waals surface area contributed by atoms with E-state index in [1.54, 1.807) is 0 Å². The predicted octanol–water partition coefficient (Wildman–Crippen LogP) is 3.58. The van der Waals surface area contributed by atoms with E-state index in [-0.39, 0.29) is 22.0 Å². The molecule has 0 fully saturated rings. The normalized spacial score (nSPS) is 10.3. The smallest absolute Gasteiger partial charge is 0.259 e. The molecule has 0 aliphatic heterocycles. The van der Waals surface area contributed by atoms with Gasteiger partial charge >= 0.3 is 0 Å². The number of amides is 1. The number of nitrogens with one attached hydrogen (secondary N) is 1. The summed E-state index contributed by atoms with van der Waals surface area (Å²) < 4.78 is 31.4. The molecule has 110 valence electrons. The van der Waals surface area contributed by atoms with E-state index in [1.807, 2.05) is 0 Å². The van der Waals surface area contributed by atoms with Gasteiger partial charge in [-0.15, -0.1) is 0 Å². The van der Waals surface area contributed by atoms with Crippen LogP contribution >= 0.6 is 11.6 Å². The maximum atomic E-state index is 13.6. The van der Waals surface area contributed by atoms with Crippen LogP contribution in [-0.4, -0.2) is 18.1 Å². The Balaban J connectivity index is 2.35.